The van der Waals surface area contributed by atoms with Gasteiger partial charge in [-0.05, 0) is 30.4 Å². The summed E-state index contributed by atoms with van der Waals surface area (Å²) in [5.74, 6) is 1.35. The first-order chi connectivity index (χ1) is 14.0. The van der Waals surface area contributed by atoms with Gasteiger partial charge in [0.25, 0.3) is 0 Å². The predicted octanol–water partition coefficient (Wildman–Crippen LogP) is 4.70. The fourth-order valence-corrected chi connectivity index (χ4v) is 5.57. The number of hydrogen-bond acceptors (Lipinski definition) is 4. The van der Waals surface area contributed by atoms with Crippen LogP contribution in [0.25, 0.3) is 0 Å². The lowest BCUT2D eigenvalue weighted by molar-refractivity contribution is -0.106. The molecule has 2 heterocycles. The zero-order chi connectivity index (χ0) is 20.2. The van der Waals surface area contributed by atoms with Crippen LogP contribution in [0, 0.1) is 12.8 Å². The van der Waals surface area contributed by atoms with E-state index in [4.69, 9.17) is 9.47 Å². The molecule has 1 N–H and O–H groups in total. The van der Waals surface area contributed by atoms with Gasteiger partial charge in [0.1, 0.15) is 17.1 Å². The summed E-state index contributed by atoms with van der Waals surface area (Å²) in [4.78, 5) is 4.28. The van der Waals surface area contributed by atoms with Crippen molar-refractivity contribution in [2.24, 2.45) is 5.92 Å². The second-order valence-corrected chi connectivity index (χ2v) is 8.35. The molecule has 1 aliphatic heterocycles. The minimum atomic E-state index is -1.22. The standard InChI is InChI=1S/C25H25NO3/c1-16-9-11-19(12-10-16)25-22(18-7-5-4-6-8-18)17(2)13-24(25,27)23-20(28-3)14-26-15-21(23)29-25/h4-12,14-15,17,22,27H,13H2,1-3H3. The molecule has 1 aromatic heterocycles. The smallest absolute Gasteiger partial charge is 0.174 e. The fraction of sp³-hybridized carbons (Fsp3) is 0.320. The van der Waals surface area contributed by atoms with Crippen LogP contribution in [0.4, 0.5) is 0 Å². The maximum atomic E-state index is 12.3. The molecule has 0 spiro atoms. The summed E-state index contributed by atoms with van der Waals surface area (Å²) in [6, 6.07) is 18.7. The first-order valence-corrected chi connectivity index (χ1v) is 10.1. The van der Waals surface area contributed by atoms with Crippen molar-refractivity contribution in [2.45, 2.75) is 37.4 Å². The Bertz CT molecular complexity index is 1050. The highest BCUT2D eigenvalue weighted by atomic mass is 16.5. The molecule has 2 aromatic carbocycles. The molecule has 4 atom stereocenters. The topological polar surface area (TPSA) is 51.6 Å². The maximum absolute atomic E-state index is 12.3. The van der Waals surface area contributed by atoms with Gasteiger partial charge in [-0.1, -0.05) is 67.1 Å². The molecule has 4 nitrogen and oxygen atoms in total. The quantitative estimate of drug-likeness (QED) is 0.708. The second kappa shape index (κ2) is 6.33. The number of benzene rings is 2. The fourth-order valence-electron chi connectivity index (χ4n) is 5.57. The molecule has 29 heavy (non-hydrogen) atoms. The third-order valence-electron chi connectivity index (χ3n) is 6.66. The lowest BCUT2D eigenvalue weighted by Gasteiger charge is -2.40. The molecule has 4 heteroatoms. The molecule has 3 aromatic rings. The lowest BCUT2D eigenvalue weighted by Crippen LogP contribution is -2.48. The summed E-state index contributed by atoms with van der Waals surface area (Å²) in [5.41, 5.74) is 1.86. The van der Waals surface area contributed by atoms with Crippen molar-refractivity contribution in [1.29, 1.82) is 0 Å². The van der Waals surface area contributed by atoms with E-state index in [1.54, 1.807) is 19.5 Å². The van der Waals surface area contributed by atoms with Crippen LogP contribution < -0.4 is 9.47 Å². The normalized spacial score (nSPS) is 29.8. The molecular formula is C25H25NO3. The Morgan fingerprint density at radius 2 is 1.79 bits per heavy atom. The Morgan fingerprint density at radius 3 is 2.48 bits per heavy atom. The SMILES string of the molecule is COc1cncc2c1C1(O)CC(C)C(c3ccccc3)C1(c1ccc(C)cc1)O2. The van der Waals surface area contributed by atoms with Gasteiger partial charge in [-0.25, -0.2) is 0 Å². The molecule has 1 saturated carbocycles. The van der Waals surface area contributed by atoms with Crippen LogP contribution in [0.2, 0.25) is 0 Å². The summed E-state index contributed by atoms with van der Waals surface area (Å²) >= 11 is 0. The van der Waals surface area contributed by atoms with Gasteiger partial charge in [0.15, 0.2) is 5.60 Å². The number of fused-ring (bicyclic) bond motifs is 3. The van der Waals surface area contributed by atoms with Gasteiger partial charge in [-0.15, -0.1) is 0 Å². The van der Waals surface area contributed by atoms with E-state index in [9.17, 15) is 5.11 Å². The second-order valence-electron chi connectivity index (χ2n) is 8.35. The molecule has 0 amide bonds. The molecule has 0 bridgehead atoms. The third-order valence-corrected chi connectivity index (χ3v) is 6.66. The highest BCUT2D eigenvalue weighted by Gasteiger charge is 2.71. The van der Waals surface area contributed by atoms with Crippen LogP contribution in [-0.4, -0.2) is 17.2 Å². The summed E-state index contributed by atoms with van der Waals surface area (Å²) < 4.78 is 12.3. The van der Waals surface area contributed by atoms with Gasteiger partial charge in [0.05, 0.1) is 25.1 Å². The maximum Gasteiger partial charge on any atom is 0.174 e. The number of rotatable bonds is 3. The molecule has 1 aliphatic carbocycles. The van der Waals surface area contributed by atoms with Crippen molar-refractivity contribution in [3.63, 3.8) is 0 Å². The molecule has 148 valence electrons. The molecule has 1 fully saturated rings. The van der Waals surface area contributed by atoms with Crippen LogP contribution in [0.15, 0.2) is 67.0 Å². The zero-order valence-electron chi connectivity index (χ0n) is 16.9. The van der Waals surface area contributed by atoms with Crippen LogP contribution in [0.3, 0.4) is 0 Å². The number of hydrogen-bond donors (Lipinski definition) is 1. The average Bonchev–Trinajstić information content (AvgIpc) is 3.11. The van der Waals surface area contributed by atoms with Crippen LogP contribution in [0.5, 0.6) is 11.5 Å². The van der Waals surface area contributed by atoms with Gasteiger partial charge in [-0.3, -0.25) is 4.98 Å². The minimum Gasteiger partial charge on any atom is -0.495 e. The number of nitrogens with zero attached hydrogens (tertiary/aromatic N) is 1. The minimum absolute atomic E-state index is 0.0199. The number of pyridine rings is 1. The number of methoxy groups -OCH3 is 1. The monoisotopic (exact) mass is 387 g/mol. The Kier molecular flexibility index (Phi) is 3.97. The van der Waals surface area contributed by atoms with Crippen molar-refractivity contribution < 1.29 is 14.6 Å². The van der Waals surface area contributed by atoms with Crippen LogP contribution >= 0.6 is 0 Å². The lowest BCUT2D eigenvalue weighted by atomic mass is 9.71. The average molecular weight is 387 g/mol. The highest BCUT2D eigenvalue weighted by Crippen LogP contribution is 2.69. The summed E-state index contributed by atoms with van der Waals surface area (Å²) in [6.07, 6.45) is 3.93. The van der Waals surface area contributed by atoms with E-state index in [-0.39, 0.29) is 11.8 Å². The van der Waals surface area contributed by atoms with Crippen LogP contribution in [0.1, 0.15) is 41.5 Å². The predicted molar refractivity (Wildman–Crippen MR) is 111 cm³/mol. The number of aromatic nitrogens is 1. The molecule has 4 unspecified atom stereocenters. The van der Waals surface area contributed by atoms with E-state index in [2.05, 4.69) is 55.2 Å². The number of aliphatic hydroxyl groups is 1. The number of aryl methyl sites for hydroxylation is 1. The van der Waals surface area contributed by atoms with E-state index < -0.39 is 11.2 Å². The van der Waals surface area contributed by atoms with E-state index in [1.807, 2.05) is 18.2 Å². The van der Waals surface area contributed by atoms with Crippen molar-refractivity contribution in [3.05, 3.63) is 89.2 Å². The summed E-state index contributed by atoms with van der Waals surface area (Å²) in [7, 11) is 1.61. The summed E-state index contributed by atoms with van der Waals surface area (Å²) in [6.45, 7) is 4.26. The number of ether oxygens (including phenoxy) is 2. The Balaban J connectivity index is 1.82. The molecular weight excluding hydrogens is 362 g/mol. The van der Waals surface area contributed by atoms with E-state index in [0.29, 0.717) is 23.5 Å². The van der Waals surface area contributed by atoms with Crippen molar-refractivity contribution in [2.75, 3.05) is 7.11 Å². The molecule has 0 saturated heterocycles. The van der Waals surface area contributed by atoms with Gasteiger partial charge in [0.2, 0.25) is 0 Å². The molecule has 0 radical (unpaired) electrons. The summed E-state index contributed by atoms with van der Waals surface area (Å²) in [5, 5.41) is 12.3. The van der Waals surface area contributed by atoms with E-state index >= 15 is 0 Å². The first-order valence-electron chi connectivity index (χ1n) is 10.1. The van der Waals surface area contributed by atoms with E-state index in [0.717, 1.165) is 11.1 Å². The van der Waals surface area contributed by atoms with Crippen molar-refractivity contribution in [3.8, 4) is 11.5 Å². The Hall–Kier alpha value is -2.85. The Morgan fingerprint density at radius 1 is 1.07 bits per heavy atom. The van der Waals surface area contributed by atoms with Gasteiger partial charge in [0, 0.05) is 5.92 Å². The van der Waals surface area contributed by atoms with Crippen molar-refractivity contribution >= 4 is 0 Å². The zero-order valence-corrected chi connectivity index (χ0v) is 16.9. The van der Waals surface area contributed by atoms with Gasteiger partial charge in [-0.2, -0.15) is 0 Å². The molecule has 2 aliphatic rings. The Labute approximate surface area is 171 Å². The molecule has 5 rings (SSSR count). The van der Waals surface area contributed by atoms with E-state index in [1.165, 1.54) is 5.56 Å². The van der Waals surface area contributed by atoms with Crippen LogP contribution in [-0.2, 0) is 11.2 Å². The largest absolute Gasteiger partial charge is 0.495 e. The van der Waals surface area contributed by atoms with Gasteiger partial charge >= 0.3 is 0 Å². The highest BCUT2D eigenvalue weighted by molar-refractivity contribution is 5.57. The third kappa shape index (κ3) is 2.32. The van der Waals surface area contributed by atoms with Crippen molar-refractivity contribution in [1.82, 2.24) is 4.98 Å². The first kappa shape index (κ1) is 18.2. The van der Waals surface area contributed by atoms with Gasteiger partial charge < -0.3 is 14.6 Å².